The van der Waals surface area contributed by atoms with Crippen LogP contribution in [0.1, 0.15) is 38.2 Å². The minimum Gasteiger partial charge on any atom is -0.496 e. The number of ether oxygens (including phenoxy) is 2. The number of benzene rings is 1. The summed E-state index contributed by atoms with van der Waals surface area (Å²) < 4.78 is 11.1. The Morgan fingerprint density at radius 3 is 2.84 bits per heavy atom. The molecule has 1 aliphatic rings. The third-order valence-corrected chi connectivity index (χ3v) is 4.27. The molecule has 1 unspecified atom stereocenters. The van der Waals surface area contributed by atoms with Crippen molar-refractivity contribution in [1.82, 2.24) is 10.2 Å². The van der Waals surface area contributed by atoms with Crippen LogP contribution >= 0.6 is 0 Å². The van der Waals surface area contributed by atoms with Gasteiger partial charge in [0, 0.05) is 31.7 Å². The first-order chi connectivity index (χ1) is 12.1. The molecule has 0 spiro atoms. The third kappa shape index (κ3) is 6.05. The summed E-state index contributed by atoms with van der Waals surface area (Å²) in [6.07, 6.45) is 3.24. The van der Waals surface area contributed by atoms with Crippen LogP contribution in [0.2, 0.25) is 0 Å². The first kappa shape index (κ1) is 19.2. The van der Waals surface area contributed by atoms with E-state index in [-0.39, 0.29) is 24.5 Å². The lowest BCUT2D eigenvalue weighted by Crippen LogP contribution is -2.43. The molecule has 2 rings (SSSR count). The van der Waals surface area contributed by atoms with E-state index < -0.39 is 0 Å². The first-order valence-corrected chi connectivity index (χ1v) is 8.92. The zero-order chi connectivity index (χ0) is 18.1. The summed E-state index contributed by atoms with van der Waals surface area (Å²) >= 11 is 0. The number of carbonyl (C=O) groups excluding carboxylic acids is 2. The topological polar surface area (TPSA) is 67.9 Å². The monoisotopic (exact) mass is 348 g/mol. The molecule has 2 amide bonds. The lowest BCUT2D eigenvalue weighted by molar-refractivity contribution is -0.134. The number of rotatable bonds is 9. The van der Waals surface area contributed by atoms with Gasteiger partial charge in [0.25, 0.3) is 0 Å². The van der Waals surface area contributed by atoms with Gasteiger partial charge in [0.05, 0.1) is 19.8 Å². The van der Waals surface area contributed by atoms with Crippen molar-refractivity contribution in [2.24, 2.45) is 0 Å². The Bertz CT molecular complexity index is 570. The summed E-state index contributed by atoms with van der Waals surface area (Å²) in [5.41, 5.74) is 0.941. The molecule has 0 aliphatic carbocycles. The number of hydrogen-bond donors (Lipinski definition) is 1. The van der Waals surface area contributed by atoms with Gasteiger partial charge in [-0.15, -0.1) is 0 Å². The van der Waals surface area contributed by atoms with Crippen molar-refractivity contribution in [2.45, 2.75) is 45.3 Å². The fraction of sp³-hybridized carbons (Fsp3) is 0.579. The molecule has 1 aromatic carbocycles. The van der Waals surface area contributed by atoms with Crippen molar-refractivity contribution < 1.29 is 19.1 Å². The van der Waals surface area contributed by atoms with Gasteiger partial charge in [0.2, 0.25) is 11.8 Å². The average Bonchev–Trinajstić information content (AvgIpc) is 3.13. The number of carbonyl (C=O) groups is 2. The van der Waals surface area contributed by atoms with Crippen LogP contribution < -0.4 is 10.1 Å². The van der Waals surface area contributed by atoms with Gasteiger partial charge in [-0.05, 0) is 25.3 Å². The summed E-state index contributed by atoms with van der Waals surface area (Å²) in [5, 5.41) is 2.70. The maximum Gasteiger partial charge on any atom is 0.242 e. The highest BCUT2D eigenvalue weighted by molar-refractivity contribution is 5.84. The van der Waals surface area contributed by atoms with Crippen LogP contribution in [0.25, 0.3) is 0 Å². The predicted octanol–water partition coefficient (Wildman–Crippen LogP) is 2.12. The van der Waals surface area contributed by atoms with Gasteiger partial charge in [0.1, 0.15) is 5.75 Å². The number of amides is 2. The third-order valence-electron chi connectivity index (χ3n) is 4.27. The summed E-state index contributed by atoms with van der Waals surface area (Å²) in [4.78, 5) is 26.1. The van der Waals surface area contributed by atoms with Crippen molar-refractivity contribution >= 4 is 11.8 Å². The molecule has 0 radical (unpaired) electrons. The Labute approximate surface area is 149 Å². The lowest BCUT2D eigenvalue weighted by atomic mass is 10.1. The summed E-state index contributed by atoms with van der Waals surface area (Å²) in [7, 11) is 1.62. The van der Waals surface area contributed by atoms with E-state index in [1.54, 1.807) is 12.0 Å². The second-order valence-corrected chi connectivity index (χ2v) is 6.25. The molecule has 0 saturated carbocycles. The van der Waals surface area contributed by atoms with E-state index in [4.69, 9.17) is 9.47 Å². The van der Waals surface area contributed by atoms with E-state index in [0.717, 1.165) is 37.2 Å². The predicted molar refractivity (Wildman–Crippen MR) is 95.3 cm³/mol. The molecule has 138 valence electrons. The molecule has 1 N–H and O–H groups in total. The van der Waals surface area contributed by atoms with Crippen LogP contribution in [0.15, 0.2) is 24.3 Å². The van der Waals surface area contributed by atoms with Gasteiger partial charge in [0.15, 0.2) is 0 Å². The van der Waals surface area contributed by atoms with E-state index in [2.05, 4.69) is 5.32 Å². The highest BCUT2D eigenvalue weighted by atomic mass is 16.5. The molecule has 0 bridgehead atoms. The maximum atomic E-state index is 12.7. The van der Waals surface area contributed by atoms with E-state index >= 15 is 0 Å². The molecule has 25 heavy (non-hydrogen) atoms. The van der Waals surface area contributed by atoms with Gasteiger partial charge in [-0.3, -0.25) is 9.59 Å². The fourth-order valence-electron chi connectivity index (χ4n) is 2.93. The average molecular weight is 348 g/mol. The standard InChI is InChI=1S/C19H28N2O4/c1-3-7-18(22)20-12-19(23)21(14-16-9-6-11-25-16)13-15-8-4-5-10-17(15)24-2/h4-5,8,10,16H,3,6-7,9,11-14H2,1-2H3,(H,20,22). The highest BCUT2D eigenvalue weighted by Gasteiger charge is 2.23. The van der Waals surface area contributed by atoms with E-state index in [9.17, 15) is 9.59 Å². The number of methoxy groups -OCH3 is 1. The Kier molecular flexibility index (Phi) is 7.73. The van der Waals surface area contributed by atoms with Crippen LogP contribution in [0.5, 0.6) is 5.75 Å². The van der Waals surface area contributed by atoms with Crippen LogP contribution in [-0.2, 0) is 20.9 Å². The Morgan fingerprint density at radius 2 is 2.16 bits per heavy atom. The zero-order valence-electron chi connectivity index (χ0n) is 15.1. The zero-order valence-corrected chi connectivity index (χ0v) is 15.1. The summed E-state index contributed by atoms with van der Waals surface area (Å²) in [6, 6.07) is 7.66. The Hall–Kier alpha value is -2.08. The molecular weight excluding hydrogens is 320 g/mol. The lowest BCUT2D eigenvalue weighted by Gasteiger charge is -2.26. The van der Waals surface area contributed by atoms with Gasteiger partial charge >= 0.3 is 0 Å². The summed E-state index contributed by atoms with van der Waals surface area (Å²) in [6.45, 7) is 3.66. The number of nitrogens with zero attached hydrogens (tertiary/aromatic N) is 1. The molecular formula is C19H28N2O4. The molecule has 0 aromatic heterocycles. The smallest absolute Gasteiger partial charge is 0.242 e. The van der Waals surface area contributed by atoms with Crippen molar-refractivity contribution in [1.29, 1.82) is 0 Å². The van der Waals surface area contributed by atoms with Crippen molar-refractivity contribution in [3.63, 3.8) is 0 Å². The van der Waals surface area contributed by atoms with Gasteiger partial charge in [-0.25, -0.2) is 0 Å². The molecule has 1 fully saturated rings. The maximum absolute atomic E-state index is 12.7. The van der Waals surface area contributed by atoms with Gasteiger partial charge in [-0.1, -0.05) is 25.1 Å². The van der Waals surface area contributed by atoms with E-state index in [0.29, 0.717) is 19.5 Å². The van der Waals surface area contributed by atoms with Crippen LogP contribution in [0.3, 0.4) is 0 Å². The largest absolute Gasteiger partial charge is 0.496 e. The first-order valence-electron chi connectivity index (χ1n) is 8.92. The van der Waals surface area contributed by atoms with Crippen molar-refractivity contribution in [3.8, 4) is 5.75 Å². The van der Waals surface area contributed by atoms with Crippen LogP contribution in [-0.4, -0.2) is 49.6 Å². The molecule has 1 heterocycles. The second kappa shape index (κ2) is 10.0. The number of nitrogens with one attached hydrogen (secondary N) is 1. The van der Waals surface area contributed by atoms with Crippen molar-refractivity contribution in [3.05, 3.63) is 29.8 Å². The van der Waals surface area contributed by atoms with Crippen molar-refractivity contribution in [2.75, 3.05) is 26.8 Å². The molecule has 1 aliphatic heterocycles. The Morgan fingerprint density at radius 1 is 1.36 bits per heavy atom. The minimum atomic E-state index is -0.106. The van der Waals surface area contributed by atoms with E-state index in [1.807, 2.05) is 31.2 Å². The fourth-order valence-corrected chi connectivity index (χ4v) is 2.93. The molecule has 1 aromatic rings. The van der Waals surface area contributed by atoms with Crippen LogP contribution in [0, 0.1) is 0 Å². The number of hydrogen-bond acceptors (Lipinski definition) is 4. The molecule has 6 nitrogen and oxygen atoms in total. The highest BCUT2D eigenvalue weighted by Crippen LogP contribution is 2.21. The molecule has 6 heteroatoms. The SMILES string of the molecule is CCCC(=O)NCC(=O)N(Cc1ccccc1OC)CC1CCCO1. The van der Waals surface area contributed by atoms with Gasteiger partial charge < -0.3 is 19.7 Å². The number of para-hydroxylation sites is 1. The van der Waals surface area contributed by atoms with Gasteiger partial charge in [-0.2, -0.15) is 0 Å². The van der Waals surface area contributed by atoms with Crippen LogP contribution in [0.4, 0.5) is 0 Å². The quantitative estimate of drug-likeness (QED) is 0.742. The molecule has 1 atom stereocenters. The normalized spacial score (nSPS) is 16.5. The Balaban J connectivity index is 2.03. The second-order valence-electron chi connectivity index (χ2n) is 6.25. The van der Waals surface area contributed by atoms with E-state index in [1.165, 1.54) is 0 Å². The minimum absolute atomic E-state index is 0.0146. The molecule has 1 saturated heterocycles. The summed E-state index contributed by atoms with van der Waals surface area (Å²) in [5.74, 6) is 0.554.